The zero-order chi connectivity index (χ0) is 24.4. The molecule has 3 heterocycles. The van der Waals surface area contributed by atoms with Gasteiger partial charge in [0.05, 0.1) is 16.1 Å². The molecule has 0 saturated heterocycles. The van der Waals surface area contributed by atoms with Gasteiger partial charge in [-0.3, -0.25) is 14.2 Å². The highest BCUT2D eigenvalue weighted by atomic mass is 35.5. The third-order valence-corrected chi connectivity index (χ3v) is 5.77. The van der Waals surface area contributed by atoms with Crippen LogP contribution in [-0.2, 0) is 6.42 Å². The van der Waals surface area contributed by atoms with E-state index >= 15 is 0 Å². The van der Waals surface area contributed by atoms with Crippen LogP contribution in [0.1, 0.15) is 28.5 Å². The van der Waals surface area contributed by atoms with Crippen molar-refractivity contribution in [1.29, 1.82) is 0 Å². The van der Waals surface area contributed by atoms with Crippen LogP contribution in [-0.4, -0.2) is 25.1 Å². The molecule has 3 aromatic heterocycles. The lowest BCUT2D eigenvalue weighted by Gasteiger charge is -2.16. The van der Waals surface area contributed by atoms with E-state index in [1.54, 1.807) is 29.1 Å². The molecule has 0 unspecified atom stereocenters. The van der Waals surface area contributed by atoms with Gasteiger partial charge in [0.2, 0.25) is 0 Å². The monoisotopic (exact) mass is 474 g/mol. The maximum absolute atomic E-state index is 13.0. The van der Waals surface area contributed by atoms with Crippen molar-refractivity contribution in [3.8, 4) is 5.69 Å². The number of nitrogen functional groups attached to an aromatic ring is 1. The van der Waals surface area contributed by atoms with Crippen LogP contribution >= 0.6 is 11.6 Å². The fourth-order valence-corrected chi connectivity index (χ4v) is 4.11. The molecule has 0 atom stereocenters. The summed E-state index contributed by atoms with van der Waals surface area (Å²) in [7, 11) is 0. The summed E-state index contributed by atoms with van der Waals surface area (Å²) in [4.78, 5) is 27.8. The second kappa shape index (κ2) is 9.36. The first-order chi connectivity index (χ1) is 16.3. The molecular formula is C25H23ClN6O2. The Bertz CT molecular complexity index is 1590. The van der Waals surface area contributed by atoms with Crippen LogP contribution in [0.3, 0.4) is 0 Å². The van der Waals surface area contributed by atoms with Crippen molar-refractivity contribution in [2.45, 2.75) is 20.3 Å². The van der Waals surface area contributed by atoms with Gasteiger partial charge in [-0.05, 0) is 48.6 Å². The Balaban J connectivity index is 0.000000180. The summed E-state index contributed by atoms with van der Waals surface area (Å²) >= 11 is 6.24. The fraction of sp³-hybridized carbons (Fsp3) is 0.120. The minimum Gasteiger partial charge on any atom is -0.381 e. The van der Waals surface area contributed by atoms with Crippen LogP contribution in [0.4, 0.5) is 5.82 Å². The average Bonchev–Trinajstić information content (AvgIpc) is 3.16. The molecule has 5 rings (SSSR count). The molecule has 1 amide bonds. The topological polar surface area (TPSA) is 121 Å². The second-order valence-corrected chi connectivity index (χ2v) is 8.04. The number of aromatic nitrogens is 4. The van der Waals surface area contributed by atoms with Crippen molar-refractivity contribution >= 4 is 39.7 Å². The Morgan fingerprint density at radius 2 is 1.88 bits per heavy atom. The second-order valence-electron chi connectivity index (χ2n) is 7.63. The number of pyridine rings is 1. The first kappa shape index (κ1) is 23.0. The molecule has 9 heteroatoms. The van der Waals surface area contributed by atoms with Crippen LogP contribution in [0.5, 0.6) is 0 Å². The van der Waals surface area contributed by atoms with Crippen molar-refractivity contribution < 1.29 is 4.79 Å². The smallest absolute Gasteiger partial charge is 0.264 e. The van der Waals surface area contributed by atoms with Gasteiger partial charge < -0.3 is 11.5 Å². The van der Waals surface area contributed by atoms with E-state index in [1.165, 1.54) is 4.52 Å². The Hall–Kier alpha value is -4.17. The maximum Gasteiger partial charge on any atom is 0.264 e. The first-order valence-electron chi connectivity index (χ1n) is 10.6. The number of amides is 1. The highest BCUT2D eigenvalue weighted by Gasteiger charge is 2.15. The van der Waals surface area contributed by atoms with Crippen molar-refractivity contribution in [3.63, 3.8) is 0 Å². The molecule has 34 heavy (non-hydrogen) atoms. The zero-order valence-corrected chi connectivity index (χ0v) is 19.5. The summed E-state index contributed by atoms with van der Waals surface area (Å²) < 4.78 is 3.19. The van der Waals surface area contributed by atoms with Gasteiger partial charge in [0, 0.05) is 18.1 Å². The molecule has 0 aliphatic carbocycles. The molecule has 5 aromatic rings. The van der Waals surface area contributed by atoms with Crippen molar-refractivity contribution in [2.24, 2.45) is 5.73 Å². The minimum absolute atomic E-state index is 0.0516. The predicted octanol–water partition coefficient (Wildman–Crippen LogP) is 3.93. The van der Waals surface area contributed by atoms with Gasteiger partial charge in [-0.25, -0.2) is 9.50 Å². The number of rotatable bonds is 3. The van der Waals surface area contributed by atoms with Gasteiger partial charge in [0.15, 0.2) is 11.5 Å². The summed E-state index contributed by atoms with van der Waals surface area (Å²) in [5, 5.41) is 5.85. The van der Waals surface area contributed by atoms with Gasteiger partial charge in [0.25, 0.3) is 11.5 Å². The van der Waals surface area contributed by atoms with Gasteiger partial charge in [0.1, 0.15) is 5.56 Å². The largest absolute Gasteiger partial charge is 0.381 e. The number of nitrogens with two attached hydrogens (primary N) is 2. The number of primary amides is 1. The first-order valence-corrected chi connectivity index (χ1v) is 11.0. The van der Waals surface area contributed by atoms with Crippen molar-refractivity contribution in [3.05, 3.63) is 99.2 Å². The number of benzene rings is 2. The van der Waals surface area contributed by atoms with E-state index < -0.39 is 5.91 Å². The molecule has 0 radical (unpaired) electrons. The number of aryl methyl sites for hydroxylation is 2. The Labute approximate surface area is 200 Å². The molecule has 2 aromatic carbocycles. The maximum atomic E-state index is 13.0. The van der Waals surface area contributed by atoms with E-state index in [0.717, 1.165) is 28.8 Å². The highest BCUT2D eigenvalue weighted by molar-refractivity contribution is 6.35. The lowest BCUT2D eigenvalue weighted by atomic mass is 10.1. The van der Waals surface area contributed by atoms with E-state index in [1.807, 2.05) is 43.3 Å². The molecule has 0 aliphatic rings. The summed E-state index contributed by atoms with van der Waals surface area (Å²) in [5.74, 6) is -0.516. The van der Waals surface area contributed by atoms with Gasteiger partial charge in [-0.2, -0.15) is 0 Å². The van der Waals surface area contributed by atoms with E-state index in [2.05, 4.69) is 23.1 Å². The van der Waals surface area contributed by atoms with Crippen molar-refractivity contribution in [1.82, 2.24) is 19.2 Å². The van der Waals surface area contributed by atoms with Crippen molar-refractivity contribution in [2.75, 3.05) is 5.73 Å². The standard InChI is InChI=1S/C18H16ClNO.C7H7N5O/c1-3-14-11-13-8-6-9-15(19)17(13)18(21)20(14)16-10-5-4-7-12(16)2;8-5-4(6(9)13)7-10-2-1-3-12(7)11-5/h4-11H,3H2,1-2H3;1-3H,(H2,8,11)(H2,9,13). The zero-order valence-electron chi connectivity index (χ0n) is 18.7. The predicted molar refractivity (Wildman–Crippen MR) is 135 cm³/mol. The third-order valence-electron chi connectivity index (χ3n) is 5.46. The number of hydrogen-bond donors (Lipinski definition) is 2. The molecule has 0 saturated carbocycles. The molecule has 0 bridgehead atoms. The Morgan fingerprint density at radius 1 is 1.12 bits per heavy atom. The van der Waals surface area contributed by atoms with E-state index in [0.29, 0.717) is 16.1 Å². The molecule has 8 nitrogen and oxygen atoms in total. The van der Waals surface area contributed by atoms with Crippen LogP contribution in [0.25, 0.3) is 22.1 Å². The molecular weight excluding hydrogens is 452 g/mol. The fourth-order valence-electron chi connectivity index (χ4n) is 3.85. The number of nitrogens with zero attached hydrogens (tertiary/aromatic N) is 4. The highest BCUT2D eigenvalue weighted by Crippen LogP contribution is 2.23. The number of carbonyl (C=O) groups excluding carboxylic acids is 1. The number of fused-ring (bicyclic) bond motifs is 2. The van der Waals surface area contributed by atoms with Crippen LogP contribution in [0.15, 0.2) is 71.8 Å². The molecule has 0 fully saturated rings. The summed E-state index contributed by atoms with van der Waals surface area (Å²) in [5.41, 5.74) is 14.1. The van der Waals surface area contributed by atoms with Gasteiger partial charge in [-0.1, -0.05) is 48.9 Å². The lowest BCUT2D eigenvalue weighted by Crippen LogP contribution is -2.22. The number of halogens is 1. The number of anilines is 1. The molecule has 0 aliphatic heterocycles. The lowest BCUT2D eigenvalue weighted by molar-refractivity contribution is 0.100. The number of para-hydroxylation sites is 1. The molecule has 0 spiro atoms. The summed E-state index contributed by atoms with van der Waals surface area (Å²) in [6, 6.07) is 17.2. The Morgan fingerprint density at radius 3 is 2.59 bits per heavy atom. The Kier molecular flexibility index (Phi) is 6.34. The van der Waals surface area contributed by atoms with Crippen LogP contribution in [0, 0.1) is 6.92 Å². The normalized spacial score (nSPS) is 10.8. The van der Waals surface area contributed by atoms with Gasteiger partial charge in [-0.15, -0.1) is 5.10 Å². The quantitative estimate of drug-likeness (QED) is 0.410. The van der Waals surface area contributed by atoms with E-state index in [4.69, 9.17) is 23.1 Å². The SMILES string of the molecule is CCc1cc2cccc(Cl)c2c(=O)n1-c1ccccc1C.NC(=O)c1c(N)nn2cccnc12. The summed E-state index contributed by atoms with van der Waals surface area (Å²) in [6.07, 6.45) is 3.97. The molecule has 172 valence electrons. The van der Waals surface area contributed by atoms with E-state index in [-0.39, 0.29) is 16.9 Å². The average molecular weight is 475 g/mol. The third kappa shape index (κ3) is 4.11. The molecule has 4 N–H and O–H groups in total. The summed E-state index contributed by atoms with van der Waals surface area (Å²) in [6.45, 7) is 4.07. The van der Waals surface area contributed by atoms with E-state index in [9.17, 15) is 9.59 Å². The number of carbonyl (C=O) groups is 1. The van der Waals surface area contributed by atoms with Gasteiger partial charge >= 0.3 is 0 Å². The minimum atomic E-state index is -0.619. The van der Waals surface area contributed by atoms with Crippen LogP contribution in [0.2, 0.25) is 5.02 Å². The number of hydrogen-bond acceptors (Lipinski definition) is 5. The van der Waals surface area contributed by atoms with Crippen LogP contribution < -0.4 is 17.0 Å².